The number of carboxylic acids is 1. The summed E-state index contributed by atoms with van der Waals surface area (Å²) in [7, 11) is 0. The molecule has 0 saturated heterocycles. The lowest BCUT2D eigenvalue weighted by atomic mass is 10.0. The van der Waals surface area contributed by atoms with E-state index in [-0.39, 0.29) is 11.6 Å². The van der Waals surface area contributed by atoms with Gasteiger partial charge >= 0.3 is 5.97 Å². The SMILES string of the molecule is CC(C)Nc1nc(Cc2ccccc2C(=O)O)cc2cnc(Cl)cc12. The highest BCUT2D eigenvalue weighted by molar-refractivity contribution is 6.30. The number of carbonyl (C=O) groups is 1. The van der Waals surface area contributed by atoms with Crippen LogP contribution in [0.5, 0.6) is 0 Å². The summed E-state index contributed by atoms with van der Waals surface area (Å²) in [5.74, 6) is -0.218. The van der Waals surface area contributed by atoms with Gasteiger partial charge in [-0.2, -0.15) is 0 Å². The number of halogens is 1. The Labute approximate surface area is 150 Å². The summed E-state index contributed by atoms with van der Waals surface area (Å²) in [5.41, 5.74) is 1.78. The third-order valence-electron chi connectivity index (χ3n) is 3.78. The van der Waals surface area contributed by atoms with E-state index in [0.29, 0.717) is 11.6 Å². The highest BCUT2D eigenvalue weighted by atomic mass is 35.5. The van der Waals surface area contributed by atoms with Gasteiger partial charge in [0.15, 0.2) is 0 Å². The molecule has 1 aromatic carbocycles. The Bertz CT molecular complexity index is 941. The molecule has 2 aromatic heterocycles. The van der Waals surface area contributed by atoms with Crippen molar-refractivity contribution in [2.45, 2.75) is 26.3 Å². The topological polar surface area (TPSA) is 75.1 Å². The van der Waals surface area contributed by atoms with Gasteiger partial charge in [-0.25, -0.2) is 14.8 Å². The molecule has 0 unspecified atom stereocenters. The van der Waals surface area contributed by atoms with Crippen LogP contribution >= 0.6 is 11.6 Å². The van der Waals surface area contributed by atoms with Crippen molar-refractivity contribution < 1.29 is 9.90 Å². The van der Waals surface area contributed by atoms with E-state index in [1.165, 1.54) is 0 Å². The van der Waals surface area contributed by atoms with Crippen LogP contribution in [-0.4, -0.2) is 27.1 Å². The van der Waals surface area contributed by atoms with Crippen LogP contribution in [0, 0.1) is 0 Å². The van der Waals surface area contributed by atoms with Crippen molar-refractivity contribution in [3.05, 3.63) is 64.6 Å². The van der Waals surface area contributed by atoms with E-state index >= 15 is 0 Å². The summed E-state index contributed by atoms with van der Waals surface area (Å²) >= 11 is 6.02. The van der Waals surface area contributed by atoms with E-state index in [1.807, 2.05) is 32.0 Å². The first kappa shape index (κ1) is 17.2. The van der Waals surface area contributed by atoms with Crippen LogP contribution in [0.1, 0.15) is 35.5 Å². The fourth-order valence-corrected chi connectivity index (χ4v) is 2.89. The predicted molar refractivity (Wildman–Crippen MR) is 99.5 cm³/mol. The van der Waals surface area contributed by atoms with Crippen LogP contribution in [0.15, 0.2) is 42.6 Å². The zero-order chi connectivity index (χ0) is 18.0. The summed E-state index contributed by atoms with van der Waals surface area (Å²) in [5, 5.41) is 14.9. The lowest BCUT2D eigenvalue weighted by molar-refractivity contribution is 0.0696. The minimum Gasteiger partial charge on any atom is -0.478 e. The van der Waals surface area contributed by atoms with Crippen molar-refractivity contribution in [1.82, 2.24) is 9.97 Å². The van der Waals surface area contributed by atoms with Crippen molar-refractivity contribution in [2.75, 3.05) is 5.32 Å². The molecule has 0 fully saturated rings. The number of rotatable bonds is 5. The predicted octanol–water partition coefficient (Wildman–Crippen LogP) is 4.39. The maximum Gasteiger partial charge on any atom is 0.335 e. The van der Waals surface area contributed by atoms with Gasteiger partial charge in [-0.3, -0.25) is 0 Å². The average Bonchev–Trinajstić information content (AvgIpc) is 2.55. The number of benzene rings is 1. The molecule has 0 bridgehead atoms. The van der Waals surface area contributed by atoms with Gasteiger partial charge in [0.1, 0.15) is 11.0 Å². The number of hydrogen-bond acceptors (Lipinski definition) is 4. The molecule has 0 aliphatic carbocycles. The highest BCUT2D eigenvalue weighted by Gasteiger charge is 2.13. The van der Waals surface area contributed by atoms with Crippen molar-refractivity contribution in [1.29, 1.82) is 0 Å². The van der Waals surface area contributed by atoms with Gasteiger partial charge in [-0.15, -0.1) is 0 Å². The van der Waals surface area contributed by atoms with Crippen LogP contribution in [0.25, 0.3) is 10.8 Å². The fourth-order valence-electron chi connectivity index (χ4n) is 2.73. The van der Waals surface area contributed by atoms with Crippen molar-refractivity contribution in [3.63, 3.8) is 0 Å². The molecular formula is C19H18ClN3O2. The summed E-state index contributed by atoms with van der Waals surface area (Å²) in [4.78, 5) is 20.2. The number of anilines is 1. The Hall–Kier alpha value is -2.66. The largest absolute Gasteiger partial charge is 0.478 e. The molecular weight excluding hydrogens is 338 g/mol. The Balaban J connectivity index is 2.08. The fraction of sp³-hybridized carbons (Fsp3) is 0.211. The minimum atomic E-state index is -0.939. The second-order valence-electron chi connectivity index (χ2n) is 6.13. The van der Waals surface area contributed by atoms with E-state index in [1.54, 1.807) is 24.4 Å². The van der Waals surface area contributed by atoms with Crippen molar-refractivity contribution >= 4 is 34.2 Å². The van der Waals surface area contributed by atoms with Gasteiger partial charge in [0.05, 0.1) is 5.56 Å². The molecule has 3 aromatic rings. The first-order valence-corrected chi connectivity index (χ1v) is 8.34. The number of nitrogens with one attached hydrogen (secondary N) is 1. The average molecular weight is 356 g/mol. The van der Waals surface area contributed by atoms with Crippen LogP contribution < -0.4 is 5.32 Å². The Morgan fingerprint density at radius 2 is 2.04 bits per heavy atom. The summed E-state index contributed by atoms with van der Waals surface area (Å²) in [6.07, 6.45) is 2.13. The second-order valence-corrected chi connectivity index (χ2v) is 6.52. The second kappa shape index (κ2) is 7.07. The van der Waals surface area contributed by atoms with Crippen molar-refractivity contribution in [2.24, 2.45) is 0 Å². The van der Waals surface area contributed by atoms with Crippen LogP contribution in [-0.2, 0) is 6.42 Å². The number of hydrogen-bond donors (Lipinski definition) is 2. The third kappa shape index (κ3) is 3.88. The lowest BCUT2D eigenvalue weighted by Crippen LogP contribution is -2.12. The van der Waals surface area contributed by atoms with E-state index in [4.69, 9.17) is 11.6 Å². The van der Waals surface area contributed by atoms with Gasteiger partial charge in [0.2, 0.25) is 0 Å². The van der Waals surface area contributed by atoms with Gasteiger partial charge in [-0.05, 0) is 37.6 Å². The van der Waals surface area contributed by atoms with Crippen LogP contribution in [0.3, 0.4) is 0 Å². The number of pyridine rings is 2. The Morgan fingerprint density at radius 1 is 1.28 bits per heavy atom. The molecule has 0 aliphatic heterocycles. The molecule has 0 aliphatic rings. The molecule has 0 atom stereocenters. The maximum absolute atomic E-state index is 11.4. The van der Waals surface area contributed by atoms with Crippen molar-refractivity contribution in [3.8, 4) is 0 Å². The smallest absolute Gasteiger partial charge is 0.335 e. The summed E-state index contributed by atoms with van der Waals surface area (Å²) in [6.45, 7) is 4.06. The molecule has 25 heavy (non-hydrogen) atoms. The molecule has 0 radical (unpaired) electrons. The number of carboxylic acid groups (broad SMARTS) is 1. The number of aromatic nitrogens is 2. The highest BCUT2D eigenvalue weighted by Crippen LogP contribution is 2.26. The molecule has 0 saturated carbocycles. The monoisotopic (exact) mass is 355 g/mol. The van der Waals surface area contributed by atoms with E-state index < -0.39 is 5.97 Å². The molecule has 5 nitrogen and oxygen atoms in total. The first-order chi connectivity index (χ1) is 11.9. The molecule has 2 heterocycles. The third-order valence-corrected chi connectivity index (χ3v) is 3.99. The Kier molecular flexibility index (Phi) is 4.86. The van der Waals surface area contributed by atoms with E-state index in [2.05, 4.69) is 15.3 Å². The van der Waals surface area contributed by atoms with E-state index in [0.717, 1.165) is 27.8 Å². The molecule has 2 N–H and O–H groups in total. The number of fused-ring (bicyclic) bond motifs is 1. The molecule has 128 valence electrons. The zero-order valence-electron chi connectivity index (χ0n) is 14.0. The van der Waals surface area contributed by atoms with Gasteiger partial charge in [0, 0.05) is 35.1 Å². The lowest BCUT2D eigenvalue weighted by Gasteiger charge is -2.14. The molecule has 6 heteroatoms. The molecule has 3 rings (SSSR count). The number of aromatic carboxylic acids is 1. The number of nitrogens with zero attached hydrogens (tertiary/aromatic N) is 2. The minimum absolute atomic E-state index is 0.198. The maximum atomic E-state index is 11.4. The van der Waals surface area contributed by atoms with Gasteiger partial charge < -0.3 is 10.4 Å². The van der Waals surface area contributed by atoms with Gasteiger partial charge in [-0.1, -0.05) is 29.8 Å². The van der Waals surface area contributed by atoms with Crippen LogP contribution in [0.2, 0.25) is 5.15 Å². The standard InChI is InChI=1S/C19H18ClN3O2/c1-11(2)22-18-16-9-17(20)21-10-13(16)8-14(23-18)7-12-5-3-4-6-15(12)19(24)25/h3-6,8-11H,7H2,1-2H3,(H,22,23)(H,24,25). The quantitative estimate of drug-likeness (QED) is 0.664. The normalized spacial score (nSPS) is 11.0. The zero-order valence-corrected chi connectivity index (χ0v) is 14.7. The molecule has 0 amide bonds. The summed E-state index contributed by atoms with van der Waals surface area (Å²) < 4.78 is 0. The Morgan fingerprint density at radius 3 is 2.76 bits per heavy atom. The molecule has 0 spiro atoms. The summed E-state index contributed by atoms with van der Waals surface area (Å²) in [6, 6.07) is 10.9. The van der Waals surface area contributed by atoms with Crippen LogP contribution in [0.4, 0.5) is 5.82 Å². The van der Waals surface area contributed by atoms with E-state index in [9.17, 15) is 9.90 Å². The first-order valence-electron chi connectivity index (χ1n) is 7.97. The van der Waals surface area contributed by atoms with Gasteiger partial charge in [0.25, 0.3) is 0 Å².